The number of nitrogens with zero attached hydrogens (tertiary/aromatic N) is 2. The fourth-order valence-electron chi connectivity index (χ4n) is 1.29. The molecule has 0 spiro atoms. The summed E-state index contributed by atoms with van der Waals surface area (Å²) in [6.07, 6.45) is 0. The highest BCUT2D eigenvalue weighted by atomic mass is 16.1. The number of nitrogens with one attached hydrogen (secondary N) is 3. The molecule has 0 unspecified atom stereocenters. The predicted molar refractivity (Wildman–Crippen MR) is 44.3 cm³/mol. The Morgan fingerprint density at radius 3 is 2.67 bits per heavy atom. The highest BCUT2D eigenvalue weighted by Crippen LogP contribution is 2.02. The lowest BCUT2D eigenvalue weighted by molar-refractivity contribution is 0.580. The molecule has 1 aromatic heterocycles. The Labute approximate surface area is 69.0 Å². The molecule has 0 bridgehead atoms. The van der Waals surface area contributed by atoms with Crippen molar-refractivity contribution in [1.29, 1.82) is 0 Å². The number of aromatic amines is 2. The van der Waals surface area contributed by atoms with Gasteiger partial charge in [-0.25, -0.2) is 9.89 Å². The van der Waals surface area contributed by atoms with Crippen LogP contribution in [0.25, 0.3) is 0 Å². The van der Waals surface area contributed by atoms with Crippen LogP contribution in [0, 0.1) is 0 Å². The van der Waals surface area contributed by atoms with E-state index in [9.17, 15) is 4.79 Å². The molecule has 2 rings (SSSR count). The number of aromatic nitrogens is 3. The molecule has 0 amide bonds. The third kappa shape index (κ3) is 1.33. The largest absolute Gasteiger partial charge is 0.342 e. The molecule has 0 saturated carbocycles. The van der Waals surface area contributed by atoms with Gasteiger partial charge in [-0.15, -0.1) is 5.10 Å². The number of piperazine rings is 1. The first-order valence-corrected chi connectivity index (χ1v) is 3.96. The lowest BCUT2D eigenvalue weighted by Crippen LogP contribution is -2.44. The summed E-state index contributed by atoms with van der Waals surface area (Å²) in [5.74, 6) is 0.640. The molecule has 0 radical (unpaired) electrons. The van der Waals surface area contributed by atoms with Gasteiger partial charge in [-0.1, -0.05) is 0 Å². The van der Waals surface area contributed by atoms with E-state index in [0.29, 0.717) is 5.95 Å². The van der Waals surface area contributed by atoms with Gasteiger partial charge < -0.3 is 10.2 Å². The van der Waals surface area contributed by atoms with Crippen molar-refractivity contribution in [3.63, 3.8) is 0 Å². The Hall–Kier alpha value is -1.30. The van der Waals surface area contributed by atoms with E-state index >= 15 is 0 Å². The van der Waals surface area contributed by atoms with Crippen molar-refractivity contribution in [3.8, 4) is 0 Å². The van der Waals surface area contributed by atoms with Crippen molar-refractivity contribution in [2.45, 2.75) is 0 Å². The van der Waals surface area contributed by atoms with Crippen molar-refractivity contribution < 1.29 is 0 Å². The molecule has 0 aromatic carbocycles. The Morgan fingerprint density at radius 2 is 2.08 bits per heavy atom. The van der Waals surface area contributed by atoms with Crippen LogP contribution < -0.4 is 15.9 Å². The molecule has 1 fully saturated rings. The molecule has 0 atom stereocenters. The van der Waals surface area contributed by atoms with E-state index in [1.54, 1.807) is 0 Å². The second kappa shape index (κ2) is 2.98. The number of rotatable bonds is 1. The summed E-state index contributed by atoms with van der Waals surface area (Å²) in [5.41, 5.74) is -0.247. The summed E-state index contributed by atoms with van der Waals surface area (Å²) in [6, 6.07) is 0. The summed E-state index contributed by atoms with van der Waals surface area (Å²) in [7, 11) is 0. The first-order valence-electron chi connectivity index (χ1n) is 3.96. The normalized spacial score (nSPS) is 18.2. The molecule has 6 nitrogen and oxygen atoms in total. The highest BCUT2D eigenvalue weighted by Gasteiger charge is 2.12. The highest BCUT2D eigenvalue weighted by molar-refractivity contribution is 5.27. The second-order valence-corrected chi connectivity index (χ2v) is 2.74. The Morgan fingerprint density at radius 1 is 1.33 bits per heavy atom. The monoisotopic (exact) mass is 169 g/mol. The van der Waals surface area contributed by atoms with Gasteiger partial charge >= 0.3 is 5.69 Å². The van der Waals surface area contributed by atoms with Gasteiger partial charge in [0.1, 0.15) is 0 Å². The molecule has 3 N–H and O–H groups in total. The average molecular weight is 169 g/mol. The predicted octanol–water partition coefficient (Wildman–Crippen LogP) is -1.49. The Kier molecular flexibility index (Phi) is 1.83. The zero-order valence-electron chi connectivity index (χ0n) is 6.63. The number of hydrogen-bond donors (Lipinski definition) is 3. The minimum absolute atomic E-state index is 0.247. The minimum atomic E-state index is -0.247. The smallest absolute Gasteiger partial charge is 0.339 e. The summed E-state index contributed by atoms with van der Waals surface area (Å²) >= 11 is 0. The van der Waals surface area contributed by atoms with E-state index in [1.807, 2.05) is 4.90 Å². The van der Waals surface area contributed by atoms with Gasteiger partial charge in [-0.2, -0.15) is 0 Å². The lowest BCUT2D eigenvalue weighted by atomic mass is 10.4. The SMILES string of the molecule is O=c1[nH]nc(N2CCNCC2)[nH]1. The van der Waals surface area contributed by atoms with E-state index in [0.717, 1.165) is 26.2 Å². The first kappa shape index (κ1) is 7.35. The van der Waals surface area contributed by atoms with Crippen LogP contribution in [0.3, 0.4) is 0 Å². The molecule has 1 aromatic rings. The maximum Gasteiger partial charge on any atom is 0.342 e. The molecule has 66 valence electrons. The van der Waals surface area contributed by atoms with E-state index in [2.05, 4.69) is 20.5 Å². The van der Waals surface area contributed by atoms with Gasteiger partial charge in [0.15, 0.2) is 0 Å². The number of H-pyrrole nitrogens is 2. The van der Waals surface area contributed by atoms with Crippen LogP contribution in [0.1, 0.15) is 0 Å². The van der Waals surface area contributed by atoms with Crippen molar-refractivity contribution in [3.05, 3.63) is 10.5 Å². The molecule has 12 heavy (non-hydrogen) atoms. The van der Waals surface area contributed by atoms with Crippen LogP contribution in [0.2, 0.25) is 0 Å². The topological polar surface area (TPSA) is 76.8 Å². The van der Waals surface area contributed by atoms with Crippen molar-refractivity contribution in [2.75, 3.05) is 31.1 Å². The average Bonchev–Trinajstić information content (AvgIpc) is 2.54. The van der Waals surface area contributed by atoms with E-state index in [1.165, 1.54) is 0 Å². The molecule has 2 heterocycles. The molecule has 1 saturated heterocycles. The van der Waals surface area contributed by atoms with Crippen molar-refractivity contribution in [2.24, 2.45) is 0 Å². The first-order chi connectivity index (χ1) is 5.86. The van der Waals surface area contributed by atoms with Gasteiger partial charge in [0.25, 0.3) is 0 Å². The van der Waals surface area contributed by atoms with Gasteiger partial charge in [-0.3, -0.25) is 4.98 Å². The van der Waals surface area contributed by atoms with Gasteiger partial charge in [0.2, 0.25) is 5.95 Å². The maximum atomic E-state index is 10.7. The Balaban J connectivity index is 2.13. The molecular formula is C6H11N5O. The van der Waals surface area contributed by atoms with Crippen LogP contribution in [0.5, 0.6) is 0 Å². The molecule has 0 aliphatic carbocycles. The summed E-state index contributed by atoms with van der Waals surface area (Å²) in [4.78, 5) is 15.4. The third-order valence-corrected chi connectivity index (χ3v) is 1.91. The van der Waals surface area contributed by atoms with Crippen LogP contribution in [0.4, 0.5) is 5.95 Å². The third-order valence-electron chi connectivity index (χ3n) is 1.91. The van der Waals surface area contributed by atoms with Gasteiger partial charge in [0.05, 0.1) is 0 Å². The fourth-order valence-corrected chi connectivity index (χ4v) is 1.29. The second-order valence-electron chi connectivity index (χ2n) is 2.74. The molecular weight excluding hydrogens is 158 g/mol. The quantitative estimate of drug-likeness (QED) is 0.478. The lowest BCUT2D eigenvalue weighted by Gasteiger charge is -2.26. The summed E-state index contributed by atoms with van der Waals surface area (Å²) in [5, 5.41) is 9.41. The number of hydrogen-bond acceptors (Lipinski definition) is 4. The van der Waals surface area contributed by atoms with Gasteiger partial charge in [-0.05, 0) is 0 Å². The molecule has 6 heteroatoms. The maximum absolute atomic E-state index is 10.7. The van der Waals surface area contributed by atoms with E-state index < -0.39 is 0 Å². The minimum Gasteiger partial charge on any atom is -0.339 e. The zero-order valence-corrected chi connectivity index (χ0v) is 6.63. The van der Waals surface area contributed by atoms with Gasteiger partial charge in [0, 0.05) is 26.2 Å². The molecule has 1 aliphatic heterocycles. The van der Waals surface area contributed by atoms with Crippen LogP contribution in [0.15, 0.2) is 4.79 Å². The van der Waals surface area contributed by atoms with Crippen molar-refractivity contribution >= 4 is 5.95 Å². The number of anilines is 1. The Bertz CT molecular complexity index is 297. The van der Waals surface area contributed by atoms with Crippen LogP contribution in [-0.2, 0) is 0 Å². The van der Waals surface area contributed by atoms with Crippen LogP contribution >= 0.6 is 0 Å². The van der Waals surface area contributed by atoms with E-state index in [-0.39, 0.29) is 5.69 Å². The fraction of sp³-hybridized carbons (Fsp3) is 0.667. The summed E-state index contributed by atoms with van der Waals surface area (Å²) in [6.45, 7) is 3.66. The zero-order chi connectivity index (χ0) is 8.39. The van der Waals surface area contributed by atoms with E-state index in [4.69, 9.17) is 0 Å². The summed E-state index contributed by atoms with van der Waals surface area (Å²) < 4.78 is 0. The molecule has 1 aliphatic rings. The standard InChI is InChI=1S/C6H11N5O/c12-6-8-5(9-10-6)11-3-1-7-2-4-11/h7H,1-4H2,(H2,8,9,10,12). The van der Waals surface area contributed by atoms with Crippen LogP contribution in [-0.4, -0.2) is 41.4 Å². The van der Waals surface area contributed by atoms with Crippen molar-refractivity contribution in [1.82, 2.24) is 20.5 Å².